The van der Waals surface area contributed by atoms with E-state index >= 15 is 0 Å². The molecule has 0 amide bonds. The van der Waals surface area contributed by atoms with Crippen LogP contribution in [-0.4, -0.2) is 35.9 Å². The summed E-state index contributed by atoms with van der Waals surface area (Å²) in [6.07, 6.45) is 3.25. The highest BCUT2D eigenvalue weighted by molar-refractivity contribution is 5.98. The van der Waals surface area contributed by atoms with E-state index in [0.717, 1.165) is 55.5 Å². The van der Waals surface area contributed by atoms with Crippen LogP contribution >= 0.6 is 0 Å². The largest absolute Gasteiger partial charge is 0.384 e. The van der Waals surface area contributed by atoms with Gasteiger partial charge in [0, 0.05) is 30.2 Å². The number of nitrogens with two attached hydrogens (primary N) is 1. The second kappa shape index (κ2) is 8.92. The number of likely N-dealkylation sites (tertiary alicyclic amines) is 1. The van der Waals surface area contributed by atoms with Crippen LogP contribution in [-0.2, 0) is 13.0 Å². The maximum atomic E-state index is 14.2. The molecule has 0 spiro atoms. The van der Waals surface area contributed by atoms with Crippen molar-refractivity contribution in [2.45, 2.75) is 32.7 Å². The molecule has 1 aliphatic heterocycles. The SMILES string of the molecule is CN=C(N)c1ccccc1CN1CCC(Cc2cc(C)nc3c(F)cccc23)CC1. The van der Waals surface area contributed by atoms with Crippen LogP contribution in [0.2, 0.25) is 0 Å². The maximum Gasteiger partial charge on any atom is 0.149 e. The zero-order valence-electron chi connectivity index (χ0n) is 17.7. The van der Waals surface area contributed by atoms with Crippen molar-refractivity contribution in [1.29, 1.82) is 0 Å². The number of para-hydroxylation sites is 1. The van der Waals surface area contributed by atoms with Gasteiger partial charge in [-0.25, -0.2) is 4.39 Å². The maximum absolute atomic E-state index is 14.2. The Labute approximate surface area is 177 Å². The molecule has 1 fully saturated rings. The third kappa shape index (κ3) is 4.36. The molecule has 5 heteroatoms. The molecule has 2 heterocycles. The van der Waals surface area contributed by atoms with Gasteiger partial charge in [0.2, 0.25) is 0 Å². The van der Waals surface area contributed by atoms with Crippen LogP contribution in [0.15, 0.2) is 53.5 Å². The molecule has 0 atom stereocenters. The number of hydrogen-bond donors (Lipinski definition) is 1. The zero-order chi connectivity index (χ0) is 21.1. The predicted molar refractivity (Wildman–Crippen MR) is 121 cm³/mol. The van der Waals surface area contributed by atoms with Gasteiger partial charge in [-0.1, -0.05) is 36.4 Å². The lowest BCUT2D eigenvalue weighted by molar-refractivity contribution is 0.177. The average molecular weight is 405 g/mol. The minimum absolute atomic E-state index is 0.235. The Kier molecular flexibility index (Phi) is 6.09. The number of amidine groups is 1. The summed E-state index contributed by atoms with van der Waals surface area (Å²) < 4.78 is 14.2. The average Bonchev–Trinajstić information content (AvgIpc) is 2.76. The highest BCUT2D eigenvalue weighted by atomic mass is 19.1. The molecule has 3 aromatic rings. The van der Waals surface area contributed by atoms with E-state index in [9.17, 15) is 4.39 Å². The zero-order valence-corrected chi connectivity index (χ0v) is 17.7. The van der Waals surface area contributed by atoms with E-state index < -0.39 is 0 Å². The van der Waals surface area contributed by atoms with Gasteiger partial charge in [-0.2, -0.15) is 0 Å². The summed E-state index contributed by atoms with van der Waals surface area (Å²) in [6.45, 7) is 4.94. The van der Waals surface area contributed by atoms with Gasteiger partial charge < -0.3 is 5.73 Å². The van der Waals surface area contributed by atoms with Gasteiger partial charge >= 0.3 is 0 Å². The number of aliphatic imine (C=N–C) groups is 1. The van der Waals surface area contributed by atoms with Gasteiger partial charge in [-0.15, -0.1) is 0 Å². The molecular weight excluding hydrogens is 375 g/mol. The van der Waals surface area contributed by atoms with Crippen molar-refractivity contribution in [3.8, 4) is 0 Å². The van der Waals surface area contributed by atoms with Gasteiger partial charge in [0.15, 0.2) is 0 Å². The Bertz CT molecular complexity index is 1070. The minimum Gasteiger partial charge on any atom is -0.384 e. The van der Waals surface area contributed by atoms with Crippen molar-refractivity contribution in [3.63, 3.8) is 0 Å². The van der Waals surface area contributed by atoms with Crippen molar-refractivity contribution < 1.29 is 4.39 Å². The molecule has 4 rings (SSSR count). The standard InChI is InChI=1S/C25H29FN4/c1-17-14-20(21-8-5-9-23(26)24(21)29-17)15-18-10-12-30(13-11-18)16-19-6-3-4-7-22(19)25(27)28-2/h3-9,14,18H,10-13,15-16H2,1-2H3,(H2,27,28). The third-order valence-electron chi connectivity index (χ3n) is 6.15. The quantitative estimate of drug-likeness (QED) is 0.504. The fourth-order valence-electron chi connectivity index (χ4n) is 4.52. The van der Waals surface area contributed by atoms with Crippen molar-refractivity contribution in [1.82, 2.24) is 9.88 Å². The second-order valence-electron chi connectivity index (χ2n) is 8.25. The molecule has 30 heavy (non-hydrogen) atoms. The fourth-order valence-corrected chi connectivity index (χ4v) is 4.52. The molecule has 156 valence electrons. The number of piperidine rings is 1. The fraction of sp³-hybridized carbons (Fsp3) is 0.360. The number of halogens is 1. The molecule has 0 aliphatic carbocycles. The van der Waals surface area contributed by atoms with Crippen molar-refractivity contribution in [2.75, 3.05) is 20.1 Å². The van der Waals surface area contributed by atoms with E-state index in [2.05, 4.69) is 33.1 Å². The van der Waals surface area contributed by atoms with E-state index in [1.807, 2.05) is 25.1 Å². The van der Waals surface area contributed by atoms with E-state index in [4.69, 9.17) is 5.73 Å². The first-order valence-electron chi connectivity index (χ1n) is 10.6. The van der Waals surface area contributed by atoms with E-state index in [1.54, 1.807) is 13.1 Å². The summed E-state index contributed by atoms with van der Waals surface area (Å²) in [4.78, 5) is 11.1. The van der Waals surface area contributed by atoms with Crippen LogP contribution in [0.5, 0.6) is 0 Å². The van der Waals surface area contributed by atoms with E-state index in [1.165, 1.54) is 17.2 Å². The van der Waals surface area contributed by atoms with Crippen LogP contribution in [0.25, 0.3) is 10.9 Å². The smallest absolute Gasteiger partial charge is 0.149 e. The van der Waals surface area contributed by atoms with Crippen LogP contribution in [0.4, 0.5) is 4.39 Å². The Balaban J connectivity index is 1.43. The molecule has 2 N–H and O–H groups in total. The summed E-state index contributed by atoms with van der Waals surface area (Å²) >= 11 is 0. The molecule has 2 aromatic carbocycles. The molecular formula is C25H29FN4. The lowest BCUT2D eigenvalue weighted by atomic mass is 9.88. The number of aromatic nitrogens is 1. The topological polar surface area (TPSA) is 54.5 Å². The first-order chi connectivity index (χ1) is 14.5. The van der Waals surface area contributed by atoms with Gasteiger partial charge in [0.1, 0.15) is 17.2 Å². The lowest BCUT2D eigenvalue weighted by Crippen LogP contribution is -2.34. The van der Waals surface area contributed by atoms with Crippen molar-refractivity contribution >= 4 is 16.7 Å². The number of benzene rings is 2. The number of fused-ring (bicyclic) bond motifs is 1. The third-order valence-corrected chi connectivity index (χ3v) is 6.15. The number of pyridine rings is 1. The highest BCUT2D eigenvalue weighted by Gasteiger charge is 2.22. The van der Waals surface area contributed by atoms with E-state index in [-0.39, 0.29) is 5.82 Å². The number of aryl methyl sites for hydroxylation is 1. The molecule has 1 saturated heterocycles. The first kappa shape index (κ1) is 20.5. The van der Waals surface area contributed by atoms with E-state index in [0.29, 0.717) is 17.3 Å². The van der Waals surface area contributed by atoms with Crippen molar-refractivity contribution in [2.24, 2.45) is 16.6 Å². The van der Waals surface area contributed by atoms with Gasteiger partial charge in [0.05, 0.1) is 0 Å². The van der Waals surface area contributed by atoms with Gasteiger partial charge in [-0.3, -0.25) is 14.9 Å². The summed E-state index contributed by atoms with van der Waals surface area (Å²) in [5.41, 5.74) is 10.9. The normalized spacial score (nSPS) is 16.3. The molecule has 0 saturated carbocycles. The number of nitrogens with zero attached hydrogens (tertiary/aromatic N) is 3. The minimum atomic E-state index is -0.235. The summed E-state index contributed by atoms with van der Waals surface area (Å²) in [6, 6.07) is 15.6. The molecule has 1 aliphatic rings. The molecule has 0 bridgehead atoms. The Morgan fingerprint density at radius 3 is 2.67 bits per heavy atom. The molecule has 4 nitrogen and oxygen atoms in total. The molecule has 0 unspecified atom stereocenters. The van der Waals surface area contributed by atoms with Gasteiger partial charge in [-0.05, 0) is 68.5 Å². The first-order valence-corrected chi connectivity index (χ1v) is 10.6. The van der Waals surface area contributed by atoms with Crippen LogP contribution in [0.1, 0.15) is 35.2 Å². The Morgan fingerprint density at radius 2 is 1.90 bits per heavy atom. The Hall–Kier alpha value is -2.79. The summed E-state index contributed by atoms with van der Waals surface area (Å²) in [5.74, 6) is 0.959. The Morgan fingerprint density at radius 1 is 1.13 bits per heavy atom. The second-order valence-corrected chi connectivity index (χ2v) is 8.25. The number of hydrogen-bond acceptors (Lipinski definition) is 3. The van der Waals surface area contributed by atoms with Crippen LogP contribution in [0, 0.1) is 18.7 Å². The van der Waals surface area contributed by atoms with Crippen LogP contribution in [0.3, 0.4) is 0 Å². The molecule has 0 radical (unpaired) electrons. The van der Waals surface area contributed by atoms with Crippen molar-refractivity contribution in [3.05, 3.63) is 76.7 Å². The summed E-state index contributed by atoms with van der Waals surface area (Å²) in [7, 11) is 1.73. The summed E-state index contributed by atoms with van der Waals surface area (Å²) in [5, 5.41) is 0.950. The van der Waals surface area contributed by atoms with Crippen LogP contribution < -0.4 is 5.73 Å². The highest BCUT2D eigenvalue weighted by Crippen LogP contribution is 2.28. The number of rotatable bonds is 5. The van der Waals surface area contributed by atoms with Gasteiger partial charge in [0.25, 0.3) is 0 Å². The predicted octanol–water partition coefficient (Wildman–Crippen LogP) is 4.47. The monoisotopic (exact) mass is 404 g/mol. The molecule has 1 aromatic heterocycles. The lowest BCUT2D eigenvalue weighted by Gasteiger charge is -2.32.